The molecule has 1 fully saturated rings. The number of aliphatic hydroxyl groups is 1. The summed E-state index contributed by atoms with van der Waals surface area (Å²) in [4.78, 5) is 15.2. The minimum absolute atomic E-state index is 0.125. The van der Waals surface area contributed by atoms with Crippen LogP contribution in [0.25, 0.3) is 0 Å². The molecule has 1 aromatic heterocycles. The molecule has 0 amide bonds. The standard InChI is InChI=1S/C10H14N2O5S2/c1-17-9(14)8-10(18-6-11-8)19(15,16)12-4-2-3-7(12)5-13/h6-7,13H,2-5H2,1H3/t7-/m0/s1. The van der Waals surface area contributed by atoms with E-state index in [-0.39, 0.29) is 16.5 Å². The third kappa shape index (κ3) is 2.50. The zero-order chi connectivity index (χ0) is 14.0. The second kappa shape index (κ2) is 5.53. The zero-order valence-electron chi connectivity index (χ0n) is 10.3. The van der Waals surface area contributed by atoms with Crippen LogP contribution in [-0.2, 0) is 14.8 Å². The molecule has 2 heterocycles. The van der Waals surface area contributed by atoms with Gasteiger partial charge in [0.25, 0.3) is 10.0 Å². The van der Waals surface area contributed by atoms with Gasteiger partial charge in [-0.3, -0.25) is 0 Å². The molecule has 0 bridgehead atoms. The van der Waals surface area contributed by atoms with Gasteiger partial charge >= 0.3 is 5.97 Å². The number of rotatable bonds is 4. The molecule has 0 spiro atoms. The Morgan fingerprint density at radius 2 is 2.42 bits per heavy atom. The predicted molar refractivity (Wildman–Crippen MR) is 67.5 cm³/mol. The molecule has 106 valence electrons. The van der Waals surface area contributed by atoms with Crippen molar-refractivity contribution in [3.05, 3.63) is 11.2 Å². The van der Waals surface area contributed by atoms with Gasteiger partial charge in [-0.05, 0) is 12.8 Å². The van der Waals surface area contributed by atoms with Crippen LogP contribution in [-0.4, -0.2) is 55.1 Å². The van der Waals surface area contributed by atoms with Crippen LogP contribution in [0, 0.1) is 0 Å². The second-order valence-corrected chi connectivity index (χ2v) is 7.01. The van der Waals surface area contributed by atoms with Crippen molar-refractivity contribution in [2.24, 2.45) is 0 Å². The molecule has 1 aliphatic heterocycles. The highest BCUT2D eigenvalue weighted by atomic mass is 32.2. The van der Waals surface area contributed by atoms with Crippen LogP contribution in [0.15, 0.2) is 9.72 Å². The van der Waals surface area contributed by atoms with Crippen molar-refractivity contribution in [3.8, 4) is 0 Å². The van der Waals surface area contributed by atoms with E-state index >= 15 is 0 Å². The molecule has 0 saturated carbocycles. The molecule has 19 heavy (non-hydrogen) atoms. The minimum atomic E-state index is -3.81. The van der Waals surface area contributed by atoms with E-state index < -0.39 is 22.0 Å². The number of hydrogen-bond donors (Lipinski definition) is 1. The normalized spacial score (nSPS) is 20.6. The van der Waals surface area contributed by atoms with Crippen LogP contribution in [0.5, 0.6) is 0 Å². The number of methoxy groups -OCH3 is 1. The fourth-order valence-corrected chi connectivity index (χ4v) is 5.00. The Bertz CT molecular complexity index is 568. The summed E-state index contributed by atoms with van der Waals surface area (Å²) in [5.74, 6) is -0.778. The van der Waals surface area contributed by atoms with Gasteiger partial charge in [0.2, 0.25) is 0 Å². The first-order valence-electron chi connectivity index (χ1n) is 5.67. The van der Waals surface area contributed by atoms with Crippen LogP contribution in [0.1, 0.15) is 23.3 Å². The molecule has 9 heteroatoms. The van der Waals surface area contributed by atoms with Crippen LogP contribution in [0.2, 0.25) is 0 Å². The monoisotopic (exact) mass is 306 g/mol. The number of carbonyl (C=O) groups is 1. The van der Waals surface area contributed by atoms with Crippen molar-refractivity contribution in [2.45, 2.75) is 23.1 Å². The lowest BCUT2D eigenvalue weighted by atomic mass is 10.2. The SMILES string of the molecule is COC(=O)c1ncsc1S(=O)(=O)N1CCC[C@H]1CO. The fraction of sp³-hybridized carbons (Fsp3) is 0.600. The lowest BCUT2D eigenvalue weighted by Crippen LogP contribution is -2.37. The first kappa shape index (κ1) is 14.4. The molecule has 0 unspecified atom stereocenters. The summed E-state index contributed by atoms with van der Waals surface area (Å²) in [5, 5.41) is 9.21. The molecular weight excluding hydrogens is 292 g/mol. The van der Waals surface area contributed by atoms with Crippen LogP contribution < -0.4 is 0 Å². The number of aromatic nitrogens is 1. The zero-order valence-corrected chi connectivity index (χ0v) is 11.9. The highest BCUT2D eigenvalue weighted by Gasteiger charge is 2.38. The van der Waals surface area contributed by atoms with Crippen LogP contribution in [0.4, 0.5) is 0 Å². The third-order valence-corrected chi connectivity index (χ3v) is 6.29. The minimum Gasteiger partial charge on any atom is -0.464 e. The largest absolute Gasteiger partial charge is 0.464 e. The highest BCUT2D eigenvalue weighted by Crippen LogP contribution is 2.30. The van der Waals surface area contributed by atoms with Crippen molar-refractivity contribution in [1.82, 2.24) is 9.29 Å². The van der Waals surface area contributed by atoms with Gasteiger partial charge in [-0.15, -0.1) is 11.3 Å². The highest BCUT2D eigenvalue weighted by molar-refractivity contribution is 7.91. The molecule has 1 aromatic rings. The van der Waals surface area contributed by atoms with Crippen molar-refractivity contribution < 1.29 is 23.1 Å². The molecule has 1 N–H and O–H groups in total. The van der Waals surface area contributed by atoms with E-state index in [2.05, 4.69) is 9.72 Å². The van der Waals surface area contributed by atoms with E-state index in [4.69, 9.17) is 0 Å². The van der Waals surface area contributed by atoms with Gasteiger partial charge in [0.05, 0.1) is 19.2 Å². The maximum Gasteiger partial charge on any atom is 0.358 e. The van der Waals surface area contributed by atoms with Gasteiger partial charge < -0.3 is 9.84 Å². The summed E-state index contributed by atoms with van der Waals surface area (Å²) >= 11 is 0.876. The molecule has 1 saturated heterocycles. The van der Waals surface area contributed by atoms with Crippen LogP contribution >= 0.6 is 11.3 Å². The Morgan fingerprint density at radius 1 is 1.68 bits per heavy atom. The predicted octanol–water partition coefficient (Wildman–Crippen LogP) is 0.0751. The smallest absolute Gasteiger partial charge is 0.358 e. The quantitative estimate of drug-likeness (QED) is 0.791. The second-order valence-electron chi connectivity index (χ2n) is 4.07. The number of hydrogen-bond acceptors (Lipinski definition) is 7. The lowest BCUT2D eigenvalue weighted by Gasteiger charge is -2.21. The Labute approximate surface area is 114 Å². The maximum atomic E-state index is 12.5. The number of carbonyl (C=O) groups excluding carboxylic acids is 1. The third-order valence-electron chi connectivity index (χ3n) is 2.99. The van der Waals surface area contributed by atoms with Gasteiger partial charge in [0.1, 0.15) is 0 Å². The number of aliphatic hydroxyl groups excluding tert-OH is 1. The summed E-state index contributed by atoms with van der Waals surface area (Å²) in [6.45, 7) is 0.109. The molecule has 2 rings (SSSR count). The average molecular weight is 306 g/mol. The van der Waals surface area contributed by atoms with Gasteiger partial charge in [-0.2, -0.15) is 4.31 Å². The first-order chi connectivity index (χ1) is 9.02. The molecule has 1 aliphatic rings. The fourth-order valence-electron chi connectivity index (χ4n) is 2.07. The van der Waals surface area contributed by atoms with Crippen molar-refractivity contribution in [1.29, 1.82) is 0 Å². The van der Waals surface area contributed by atoms with E-state index in [0.717, 1.165) is 11.3 Å². The Morgan fingerprint density at radius 3 is 3.05 bits per heavy atom. The lowest BCUT2D eigenvalue weighted by molar-refractivity contribution is 0.0590. The first-order valence-corrected chi connectivity index (χ1v) is 7.99. The number of sulfonamides is 1. The number of esters is 1. The number of ether oxygens (including phenoxy) is 1. The summed E-state index contributed by atoms with van der Waals surface area (Å²) < 4.78 is 30.6. The summed E-state index contributed by atoms with van der Waals surface area (Å²) in [6, 6.07) is -0.433. The summed E-state index contributed by atoms with van der Waals surface area (Å²) in [6.07, 6.45) is 1.30. The van der Waals surface area contributed by atoms with Gasteiger partial charge in [0.15, 0.2) is 9.90 Å². The maximum absolute atomic E-state index is 12.5. The molecule has 1 atom stereocenters. The van der Waals surface area contributed by atoms with Crippen molar-refractivity contribution in [2.75, 3.05) is 20.3 Å². The van der Waals surface area contributed by atoms with Crippen molar-refractivity contribution >= 4 is 27.3 Å². The summed E-state index contributed by atoms with van der Waals surface area (Å²) in [7, 11) is -2.64. The van der Waals surface area contributed by atoms with E-state index in [9.17, 15) is 18.3 Å². The molecular formula is C10H14N2O5S2. The molecule has 7 nitrogen and oxygen atoms in total. The van der Waals surface area contributed by atoms with E-state index in [0.29, 0.717) is 19.4 Å². The summed E-state index contributed by atoms with van der Waals surface area (Å²) in [5.41, 5.74) is 1.10. The van der Waals surface area contributed by atoms with Gasteiger partial charge in [0, 0.05) is 12.6 Å². The van der Waals surface area contributed by atoms with Gasteiger partial charge in [-0.25, -0.2) is 18.2 Å². The van der Waals surface area contributed by atoms with Crippen molar-refractivity contribution in [3.63, 3.8) is 0 Å². The topological polar surface area (TPSA) is 96.8 Å². The van der Waals surface area contributed by atoms with E-state index in [1.807, 2.05) is 0 Å². The van der Waals surface area contributed by atoms with E-state index in [1.165, 1.54) is 16.9 Å². The van der Waals surface area contributed by atoms with Gasteiger partial charge in [-0.1, -0.05) is 0 Å². The average Bonchev–Trinajstić information content (AvgIpc) is 3.06. The molecule has 0 aromatic carbocycles. The van der Waals surface area contributed by atoms with Crippen LogP contribution in [0.3, 0.4) is 0 Å². The Balaban J connectivity index is 2.40. The Kier molecular flexibility index (Phi) is 4.19. The Hall–Kier alpha value is -1.03. The molecule has 0 radical (unpaired) electrons. The number of thiazole rings is 1. The number of nitrogens with zero attached hydrogens (tertiary/aromatic N) is 2. The van der Waals surface area contributed by atoms with E-state index in [1.54, 1.807) is 0 Å². The molecule has 0 aliphatic carbocycles.